The predicted molar refractivity (Wildman–Crippen MR) is 84.2 cm³/mol. The smallest absolute Gasteiger partial charge is 0.124 e. The van der Waals surface area contributed by atoms with Crippen molar-refractivity contribution in [2.24, 2.45) is 0 Å². The minimum absolute atomic E-state index is 0.315. The van der Waals surface area contributed by atoms with Gasteiger partial charge in [0.15, 0.2) is 0 Å². The molecule has 0 unspecified atom stereocenters. The molecule has 4 heteroatoms. The summed E-state index contributed by atoms with van der Waals surface area (Å²) in [6.07, 6.45) is 0. The molecule has 0 aliphatic carbocycles. The topological polar surface area (TPSA) is 15.3 Å². The van der Waals surface area contributed by atoms with Gasteiger partial charge in [-0.1, -0.05) is 17.7 Å². The van der Waals surface area contributed by atoms with Crippen LogP contribution in [0.3, 0.4) is 0 Å². The summed E-state index contributed by atoms with van der Waals surface area (Å²) in [6.45, 7) is 2.63. The summed E-state index contributed by atoms with van der Waals surface area (Å²) in [7, 11) is 4.03. The Hall–Kier alpha value is -1.74. The van der Waals surface area contributed by atoms with E-state index < -0.39 is 0 Å². The lowest BCUT2D eigenvalue weighted by Gasteiger charge is -2.16. The Bertz CT molecular complexity index is 611. The van der Waals surface area contributed by atoms with Crippen molar-refractivity contribution in [3.8, 4) is 0 Å². The van der Waals surface area contributed by atoms with Crippen molar-refractivity contribution in [3.05, 3.63) is 58.4 Å². The first-order valence-electron chi connectivity index (χ1n) is 6.43. The minimum Gasteiger partial charge on any atom is -0.381 e. The second kappa shape index (κ2) is 6.14. The molecule has 2 rings (SSSR count). The Morgan fingerprint density at radius 3 is 2.50 bits per heavy atom. The fourth-order valence-electron chi connectivity index (χ4n) is 1.98. The van der Waals surface area contributed by atoms with Crippen LogP contribution in [0.1, 0.15) is 11.1 Å². The molecule has 0 bridgehead atoms. The highest BCUT2D eigenvalue weighted by molar-refractivity contribution is 6.31. The first-order valence-corrected chi connectivity index (χ1v) is 6.81. The average molecular weight is 293 g/mol. The summed E-state index contributed by atoms with van der Waals surface area (Å²) in [5.74, 6) is -0.315. The summed E-state index contributed by atoms with van der Waals surface area (Å²) in [5.41, 5.74) is 4.25. The summed E-state index contributed by atoms with van der Waals surface area (Å²) >= 11 is 6.02. The van der Waals surface area contributed by atoms with Gasteiger partial charge in [0.2, 0.25) is 0 Å². The number of anilines is 2. The zero-order chi connectivity index (χ0) is 14.7. The van der Waals surface area contributed by atoms with Gasteiger partial charge < -0.3 is 10.2 Å². The van der Waals surface area contributed by atoms with Crippen molar-refractivity contribution < 1.29 is 4.39 Å². The van der Waals surface area contributed by atoms with E-state index in [0.717, 1.165) is 22.5 Å². The van der Waals surface area contributed by atoms with Crippen LogP contribution in [0.4, 0.5) is 15.8 Å². The maximum atomic E-state index is 13.0. The third kappa shape index (κ3) is 3.42. The van der Waals surface area contributed by atoms with E-state index in [1.54, 1.807) is 6.07 Å². The maximum absolute atomic E-state index is 13.0. The van der Waals surface area contributed by atoms with E-state index >= 15 is 0 Å². The minimum atomic E-state index is -0.315. The maximum Gasteiger partial charge on any atom is 0.124 e. The van der Waals surface area contributed by atoms with Crippen LogP contribution in [-0.2, 0) is 6.54 Å². The molecule has 0 saturated carbocycles. The van der Waals surface area contributed by atoms with Crippen LogP contribution in [0.15, 0.2) is 36.4 Å². The van der Waals surface area contributed by atoms with E-state index in [1.165, 1.54) is 12.1 Å². The third-order valence-corrected chi connectivity index (χ3v) is 3.56. The van der Waals surface area contributed by atoms with E-state index in [-0.39, 0.29) is 5.82 Å². The SMILES string of the molecule is Cc1cc(N(C)C)ccc1NCc1ccc(F)cc1Cl. The molecule has 0 aliphatic heterocycles. The van der Waals surface area contributed by atoms with Gasteiger partial charge in [-0.05, 0) is 48.4 Å². The molecular formula is C16H18ClFN2. The van der Waals surface area contributed by atoms with Crippen LogP contribution in [0, 0.1) is 12.7 Å². The molecule has 0 saturated heterocycles. The molecule has 0 amide bonds. The van der Waals surface area contributed by atoms with Crippen molar-refractivity contribution in [2.45, 2.75) is 13.5 Å². The number of benzene rings is 2. The lowest BCUT2D eigenvalue weighted by atomic mass is 10.1. The molecule has 1 N–H and O–H groups in total. The normalized spacial score (nSPS) is 10.4. The lowest BCUT2D eigenvalue weighted by Crippen LogP contribution is -2.09. The van der Waals surface area contributed by atoms with Gasteiger partial charge in [-0.2, -0.15) is 0 Å². The zero-order valence-electron chi connectivity index (χ0n) is 11.9. The Balaban J connectivity index is 2.11. The van der Waals surface area contributed by atoms with Gasteiger partial charge in [0.25, 0.3) is 0 Å². The Labute approximate surface area is 124 Å². The summed E-state index contributed by atoms with van der Waals surface area (Å²) < 4.78 is 13.0. The Morgan fingerprint density at radius 2 is 1.90 bits per heavy atom. The molecular weight excluding hydrogens is 275 g/mol. The summed E-state index contributed by atoms with van der Waals surface area (Å²) in [6, 6.07) is 10.7. The number of rotatable bonds is 4. The van der Waals surface area contributed by atoms with Crippen molar-refractivity contribution in [3.63, 3.8) is 0 Å². The van der Waals surface area contributed by atoms with Gasteiger partial charge in [0.1, 0.15) is 5.82 Å². The first kappa shape index (κ1) is 14.7. The largest absolute Gasteiger partial charge is 0.381 e. The lowest BCUT2D eigenvalue weighted by molar-refractivity contribution is 0.627. The van der Waals surface area contributed by atoms with Gasteiger partial charge in [0, 0.05) is 37.0 Å². The quantitative estimate of drug-likeness (QED) is 0.894. The van der Waals surface area contributed by atoms with Crippen molar-refractivity contribution in [1.29, 1.82) is 0 Å². The monoisotopic (exact) mass is 292 g/mol. The van der Waals surface area contributed by atoms with Crippen LogP contribution in [0.25, 0.3) is 0 Å². The molecule has 2 aromatic carbocycles. The second-order valence-electron chi connectivity index (χ2n) is 4.98. The molecule has 20 heavy (non-hydrogen) atoms. The second-order valence-corrected chi connectivity index (χ2v) is 5.39. The highest BCUT2D eigenvalue weighted by Gasteiger charge is 2.04. The van der Waals surface area contributed by atoms with Crippen molar-refractivity contribution in [2.75, 3.05) is 24.3 Å². The first-order chi connectivity index (χ1) is 9.47. The molecule has 0 atom stereocenters. The van der Waals surface area contributed by atoms with Gasteiger partial charge in [-0.3, -0.25) is 0 Å². The van der Waals surface area contributed by atoms with E-state index in [2.05, 4.69) is 29.3 Å². The van der Waals surface area contributed by atoms with E-state index in [1.807, 2.05) is 20.2 Å². The summed E-state index contributed by atoms with van der Waals surface area (Å²) in [4.78, 5) is 2.06. The Kier molecular flexibility index (Phi) is 4.50. The molecule has 2 aromatic rings. The van der Waals surface area contributed by atoms with Crippen LogP contribution < -0.4 is 10.2 Å². The van der Waals surface area contributed by atoms with Crippen LogP contribution in [0.2, 0.25) is 5.02 Å². The zero-order valence-corrected chi connectivity index (χ0v) is 12.6. The number of hydrogen-bond donors (Lipinski definition) is 1. The van der Waals surface area contributed by atoms with Gasteiger partial charge >= 0.3 is 0 Å². The van der Waals surface area contributed by atoms with Crippen LogP contribution in [-0.4, -0.2) is 14.1 Å². The third-order valence-electron chi connectivity index (χ3n) is 3.21. The van der Waals surface area contributed by atoms with Gasteiger partial charge in [0.05, 0.1) is 0 Å². The number of nitrogens with one attached hydrogen (secondary N) is 1. The molecule has 106 valence electrons. The number of hydrogen-bond acceptors (Lipinski definition) is 2. The highest BCUT2D eigenvalue weighted by atomic mass is 35.5. The summed E-state index contributed by atoms with van der Waals surface area (Å²) in [5, 5.41) is 3.77. The van der Waals surface area contributed by atoms with Gasteiger partial charge in [-0.25, -0.2) is 4.39 Å². The van der Waals surface area contributed by atoms with E-state index in [9.17, 15) is 4.39 Å². The molecule has 0 radical (unpaired) electrons. The van der Waals surface area contributed by atoms with Crippen LogP contribution in [0.5, 0.6) is 0 Å². The average Bonchev–Trinajstić information content (AvgIpc) is 2.38. The highest BCUT2D eigenvalue weighted by Crippen LogP contribution is 2.23. The molecule has 0 spiro atoms. The predicted octanol–water partition coefficient (Wildman–Crippen LogP) is 4.47. The fraction of sp³-hybridized carbons (Fsp3) is 0.250. The van der Waals surface area contributed by atoms with Gasteiger partial charge in [-0.15, -0.1) is 0 Å². The Morgan fingerprint density at radius 1 is 1.15 bits per heavy atom. The molecule has 0 aliphatic rings. The number of nitrogens with zero attached hydrogens (tertiary/aromatic N) is 1. The molecule has 0 aromatic heterocycles. The molecule has 2 nitrogen and oxygen atoms in total. The number of aryl methyl sites for hydroxylation is 1. The standard InChI is InChI=1S/C16H18ClFN2/c1-11-8-14(20(2)3)6-7-16(11)19-10-12-4-5-13(18)9-15(12)17/h4-9,19H,10H2,1-3H3. The number of halogens is 2. The van der Waals surface area contributed by atoms with E-state index in [0.29, 0.717) is 11.6 Å². The van der Waals surface area contributed by atoms with E-state index in [4.69, 9.17) is 11.6 Å². The fourth-order valence-corrected chi connectivity index (χ4v) is 2.21. The molecule has 0 heterocycles. The molecule has 0 fully saturated rings. The van der Waals surface area contributed by atoms with Crippen LogP contribution >= 0.6 is 11.6 Å². The van der Waals surface area contributed by atoms with Crippen molar-refractivity contribution in [1.82, 2.24) is 0 Å². The van der Waals surface area contributed by atoms with Crippen molar-refractivity contribution >= 4 is 23.0 Å².